The molecule has 1 saturated carbocycles. The largest absolute Gasteiger partial charge is 0.490 e. The molecular formula is C27H26ClF5N2O3. The highest BCUT2D eigenvalue weighted by Crippen LogP contribution is 2.31. The summed E-state index contributed by atoms with van der Waals surface area (Å²) in [7, 11) is 0. The molecule has 1 fully saturated rings. The zero-order valence-electron chi connectivity index (χ0n) is 20.5. The van der Waals surface area contributed by atoms with Crippen LogP contribution in [0, 0.1) is 29.1 Å². The van der Waals surface area contributed by atoms with Crippen molar-refractivity contribution < 1.29 is 36.2 Å². The number of aromatic nitrogens is 2. The molecule has 5 nitrogen and oxygen atoms in total. The monoisotopic (exact) mass is 556 g/mol. The molecule has 0 amide bonds. The first-order valence-electron chi connectivity index (χ1n) is 12.2. The number of hydrogen-bond acceptors (Lipinski definition) is 5. The first-order valence-corrected chi connectivity index (χ1v) is 12.2. The van der Waals surface area contributed by atoms with E-state index >= 15 is 0 Å². The number of esters is 1. The van der Waals surface area contributed by atoms with E-state index < -0.39 is 46.5 Å². The average molecular weight is 557 g/mol. The van der Waals surface area contributed by atoms with Gasteiger partial charge in [0.15, 0.2) is 5.69 Å². The summed E-state index contributed by atoms with van der Waals surface area (Å²) in [4.78, 5) is 12.6. The number of halogens is 6. The maximum atomic E-state index is 14.0. The zero-order chi connectivity index (χ0) is 26.5. The second kappa shape index (κ2) is 13.0. The van der Waals surface area contributed by atoms with Gasteiger partial charge in [0.05, 0.1) is 11.8 Å². The summed E-state index contributed by atoms with van der Waals surface area (Å²) in [5, 5.41) is 7.86. The molecule has 1 heterocycles. The van der Waals surface area contributed by atoms with Crippen LogP contribution in [0.25, 0.3) is 11.1 Å². The Hall–Kier alpha value is -3.27. The van der Waals surface area contributed by atoms with Crippen molar-refractivity contribution in [1.82, 2.24) is 10.2 Å². The van der Waals surface area contributed by atoms with Crippen LogP contribution in [0.5, 0.6) is 11.5 Å². The molecule has 0 saturated heterocycles. The van der Waals surface area contributed by atoms with Gasteiger partial charge < -0.3 is 9.47 Å². The Kier molecular flexibility index (Phi) is 10.0. The number of unbranched alkanes of at least 4 members (excludes halogenated alkanes) is 1. The van der Waals surface area contributed by atoms with Crippen molar-refractivity contribution in [3.8, 4) is 22.6 Å². The van der Waals surface area contributed by atoms with Crippen LogP contribution in [0.4, 0.5) is 22.0 Å². The minimum atomic E-state index is -2.35. The van der Waals surface area contributed by atoms with Crippen molar-refractivity contribution in [2.45, 2.75) is 64.4 Å². The van der Waals surface area contributed by atoms with Crippen LogP contribution in [-0.2, 0) is 6.42 Å². The number of hydrogen-bond donors (Lipinski definition) is 0. The van der Waals surface area contributed by atoms with E-state index in [2.05, 4.69) is 14.9 Å². The second-order valence-corrected chi connectivity index (χ2v) is 8.88. The van der Waals surface area contributed by atoms with Crippen LogP contribution >= 0.6 is 12.4 Å². The second-order valence-electron chi connectivity index (χ2n) is 8.88. The lowest BCUT2D eigenvalue weighted by atomic mass is 9.97. The van der Waals surface area contributed by atoms with Crippen molar-refractivity contribution in [3.05, 3.63) is 70.8 Å². The topological polar surface area (TPSA) is 61.3 Å². The molecule has 1 aliphatic carbocycles. The third-order valence-electron chi connectivity index (χ3n) is 6.23. The highest BCUT2D eigenvalue weighted by molar-refractivity contribution is 5.90. The molecule has 0 bridgehead atoms. The van der Waals surface area contributed by atoms with E-state index in [-0.39, 0.29) is 18.5 Å². The van der Waals surface area contributed by atoms with E-state index in [0.717, 1.165) is 38.5 Å². The standard InChI is InChI=1S/C27H25F5N2O3.ClH/c1-2-3-9-19-18(15-10-12-17(13-11-15)36-16-7-5-4-6-8-16)14-20(34-33-19)27(35)37-26-24(31)22(29)21(28)23(30)25(26)32;/h10-14,16H,2-9H2,1H3;1H. The number of nitrogens with zero attached hydrogens (tertiary/aromatic N) is 2. The van der Waals surface area contributed by atoms with Gasteiger partial charge in [-0.25, -0.2) is 18.0 Å². The van der Waals surface area contributed by atoms with Crippen LogP contribution in [-0.4, -0.2) is 22.3 Å². The van der Waals surface area contributed by atoms with Gasteiger partial charge in [-0.2, -0.15) is 13.9 Å². The Labute approximate surface area is 222 Å². The first-order chi connectivity index (χ1) is 17.8. The molecule has 1 aliphatic rings. The van der Waals surface area contributed by atoms with Gasteiger partial charge in [-0.1, -0.05) is 31.9 Å². The van der Waals surface area contributed by atoms with Gasteiger partial charge in [0.1, 0.15) is 5.75 Å². The quantitative estimate of drug-likeness (QED) is 0.0943. The number of carbonyl (C=O) groups is 1. The van der Waals surface area contributed by atoms with E-state index in [9.17, 15) is 26.7 Å². The van der Waals surface area contributed by atoms with Crippen molar-refractivity contribution in [3.63, 3.8) is 0 Å². The molecule has 38 heavy (non-hydrogen) atoms. The molecule has 0 spiro atoms. The molecule has 3 aromatic rings. The summed E-state index contributed by atoms with van der Waals surface area (Å²) >= 11 is 0. The van der Waals surface area contributed by atoms with Crippen molar-refractivity contribution in [2.75, 3.05) is 0 Å². The lowest BCUT2D eigenvalue weighted by Gasteiger charge is -2.23. The Morgan fingerprint density at radius 1 is 0.895 bits per heavy atom. The highest BCUT2D eigenvalue weighted by Gasteiger charge is 2.29. The van der Waals surface area contributed by atoms with Crippen LogP contribution in [0.15, 0.2) is 30.3 Å². The Bertz CT molecular complexity index is 1260. The lowest BCUT2D eigenvalue weighted by Crippen LogP contribution is -2.19. The molecule has 0 N–H and O–H groups in total. The maximum Gasteiger partial charge on any atom is 0.364 e. The lowest BCUT2D eigenvalue weighted by molar-refractivity contribution is 0.0708. The smallest absolute Gasteiger partial charge is 0.364 e. The van der Waals surface area contributed by atoms with Gasteiger partial charge in [-0.3, -0.25) is 0 Å². The van der Waals surface area contributed by atoms with Crippen LogP contribution in [0.2, 0.25) is 0 Å². The van der Waals surface area contributed by atoms with Crippen molar-refractivity contribution >= 4 is 18.4 Å². The Morgan fingerprint density at radius 2 is 1.50 bits per heavy atom. The summed E-state index contributed by atoms with van der Waals surface area (Å²) < 4.78 is 78.9. The van der Waals surface area contributed by atoms with E-state index in [0.29, 0.717) is 29.0 Å². The summed E-state index contributed by atoms with van der Waals surface area (Å²) in [6.45, 7) is 2.00. The summed E-state index contributed by atoms with van der Waals surface area (Å²) in [5.74, 6) is -13.7. The molecule has 1 aromatic heterocycles. The number of ether oxygens (including phenoxy) is 2. The SMILES string of the molecule is CCCCc1nnc(C(=O)Oc2c(F)c(F)c(F)c(F)c2F)cc1-c1ccc(OC2CCCCC2)cc1.Cl. The van der Waals surface area contributed by atoms with Gasteiger partial charge in [0.2, 0.25) is 34.8 Å². The minimum absolute atomic E-state index is 0. The molecule has 204 valence electrons. The predicted molar refractivity (Wildman–Crippen MR) is 132 cm³/mol. The van der Waals surface area contributed by atoms with Crippen LogP contribution < -0.4 is 9.47 Å². The average Bonchev–Trinajstić information content (AvgIpc) is 2.93. The first kappa shape index (κ1) is 29.3. The fourth-order valence-corrected chi connectivity index (χ4v) is 4.20. The molecular weight excluding hydrogens is 531 g/mol. The maximum absolute atomic E-state index is 14.0. The van der Waals surface area contributed by atoms with Gasteiger partial charge in [-0.15, -0.1) is 17.5 Å². The third kappa shape index (κ3) is 6.40. The van der Waals surface area contributed by atoms with E-state index in [1.54, 1.807) is 24.3 Å². The van der Waals surface area contributed by atoms with Gasteiger partial charge in [-0.05, 0) is 62.3 Å². The summed E-state index contributed by atoms with van der Waals surface area (Å²) in [6.07, 6.45) is 7.88. The molecule has 4 rings (SSSR count). The predicted octanol–water partition coefficient (Wildman–Crippen LogP) is 7.53. The number of carbonyl (C=O) groups excluding carboxylic acids is 1. The van der Waals surface area contributed by atoms with E-state index in [4.69, 9.17) is 4.74 Å². The third-order valence-corrected chi connectivity index (χ3v) is 6.23. The molecule has 0 unspecified atom stereocenters. The van der Waals surface area contributed by atoms with Crippen molar-refractivity contribution in [2.24, 2.45) is 0 Å². The van der Waals surface area contributed by atoms with Crippen LogP contribution in [0.1, 0.15) is 68.1 Å². The minimum Gasteiger partial charge on any atom is -0.490 e. The number of benzene rings is 2. The van der Waals surface area contributed by atoms with E-state index in [1.807, 2.05) is 6.92 Å². The zero-order valence-corrected chi connectivity index (χ0v) is 21.4. The molecule has 0 radical (unpaired) electrons. The highest BCUT2D eigenvalue weighted by atomic mass is 35.5. The summed E-state index contributed by atoms with van der Waals surface area (Å²) in [5.41, 5.74) is 1.33. The summed E-state index contributed by atoms with van der Waals surface area (Å²) in [6, 6.07) is 8.53. The number of aryl methyl sites for hydroxylation is 1. The fourth-order valence-electron chi connectivity index (χ4n) is 4.20. The normalized spacial score (nSPS) is 13.6. The van der Waals surface area contributed by atoms with Gasteiger partial charge in [0, 0.05) is 5.56 Å². The molecule has 2 aromatic carbocycles. The van der Waals surface area contributed by atoms with Gasteiger partial charge >= 0.3 is 5.97 Å². The van der Waals surface area contributed by atoms with E-state index in [1.165, 1.54) is 12.5 Å². The van der Waals surface area contributed by atoms with Crippen LogP contribution in [0.3, 0.4) is 0 Å². The number of rotatable bonds is 8. The van der Waals surface area contributed by atoms with Gasteiger partial charge in [0.25, 0.3) is 0 Å². The van der Waals surface area contributed by atoms with Crippen molar-refractivity contribution in [1.29, 1.82) is 0 Å². The Morgan fingerprint density at radius 3 is 2.11 bits per heavy atom. The Balaban J connectivity index is 0.00000400. The fraction of sp³-hybridized carbons (Fsp3) is 0.370. The molecule has 0 atom stereocenters. The molecule has 11 heteroatoms. The molecule has 0 aliphatic heterocycles.